The van der Waals surface area contributed by atoms with Crippen molar-refractivity contribution >= 4 is 59.1 Å². The number of ether oxygens (including phenoxy) is 5. The minimum atomic E-state index is -0.737. The van der Waals surface area contributed by atoms with Crippen LogP contribution in [-0.2, 0) is 47.7 Å². The van der Waals surface area contributed by atoms with Gasteiger partial charge in [0.15, 0.2) is 0 Å². The maximum atomic E-state index is 13.0. The highest BCUT2D eigenvalue weighted by Gasteiger charge is 2.40. The summed E-state index contributed by atoms with van der Waals surface area (Å²) in [6, 6.07) is 12.4. The molecule has 0 bridgehead atoms. The van der Waals surface area contributed by atoms with Gasteiger partial charge in [-0.05, 0) is 98.1 Å². The molecule has 0 amide bonds. The topological polar surface area (TPSA) is 156 Å². The first kappa shape index (κ1) is 47.0. The Balaban J connectivity index is 0.000000322. The van der Waals surface area contributed by atoms with Crippen molar-refractivity contribution in [2.24, 2.45) is 0 Å². The molecule has 1 atom stereocenters. The molecule has 12 nitrogen and oxygen atoms in total. The van der Waals surface area contributed by atoms with Crippen LogP contribution in [-0.4, -0.2) is 62.4 Å². The lowest BCUT2D eigenvalue weighted by Gasteiger charge is -2.31. The second-order valence-electron chi connectivity index (χ2n) is 14.1. The molecule has 2 N–H and O–H groups in total. The average molecular weight is 840 g/mol. The molecule has 0 saturated heterocycles. The summed E-state index contributed by atoms with van der Waals surface area (Å²) < 4.78 is 26.1. The van der Waals surface area contributed by atoms with Gasteiger partial charge < -0.3 is 34.3 Å². The van der Waals surface area contributed by atoms with E-state index in [-0.39, 0.29) is 24.8 Å². The monoisotopic (exact) mass is 838 g/mol. The van der Waals surface area contributed by atoms with Gasteiger partial charge in [-0.3, -0.25) is 0 Å². The highest BCUT2D eigenvalue weighted by atomic mass is 35.5. The van der Waals surface area contributed by atoms with Gasteiger partial charge in [-0.15, -0.1) is 0 Å². The van der Waals surface area contributed by atoms with E-state index in [2.05, 4.69) is 10.6 Å². The van der Waals surface area contributed by atoms with Crippen LogP contribution in [0.1, 0.15) is 97.8 Å². The Morgan fingerprint density at radius 2 is 1.05 bits per heavy atom. The molecular weight excluding hydrogens is 787 g/mol. The summed E-state index contributed by atoms with van der Waals surface area (Å²) in [5.74, 6) is -4.08. The molecule has 58 heavy (non-hydrogen) atoms. The zero-order chi connectivity index (χ0) is 43.5. The highest BCUT2D eigenvalue weighted by Crippen LogP contribution is 2.44. The maximum Gasteiger partial charge on any atom is 0.336 e. The van der Waals surface area contributed by atoms with Crippen LogP contribution in [0.4, 0.5) is 0 Å². The Labute approximate surface area is 350 Å². The number of halogens is 2. The third kappa shape index (κ3) is 11.4. The van der Waals surface area contributed by atoms with Crippen LogP contribution < -0.4 is 10.6 Å². The Hall–Kier alpha value is -5.33. The highest BCUT2D eigenvalue weighted by molar-refractivity contribution is 6.42. The SMILES string of the molecule is CCOC(=O)C1=C(C)NC(C)=C(C(=O)OC)C1c1cccc(Cl)c1Cl.CCOC(=O)C1=C(C)NC(C)=C(C(=O)OCC)C1c1ccccc1/C=C/C(=O)OC(C)(C)C. The molecule has 0 spiro atoms. The summed E-state index contributed by atoms with van der Waals surface area (Å²) >= 11 is 12.5. The van der Waals surface area contributed by atoms with Crippen molar-refractivity contribution in [2.45, 2.75) is 86.7 Å². The molecule has 0 saturated carbocycles. The Kier molecular flexibility index (Phi) is 17.0. The van der Waals surface area contributed by atoms with E-state index in [1.165, 1.54) is 13.2 Å². The number of carbonyl (C=O) groups excluding carboxylic acids is 5. The second kappa shape index (κ2) is 20.9. The number of nitrogens with one attached hydrogen (secondary N) is 2. The predicted octanol–water partition coefficient (Wildman–Crippen LogP) is 8.37. The van der Waals surface area contributed by atoms with Gasteiger partial charge >= 0.3 is 29.8 Å². The summed E-state index contributed by atoms with van der Waals surface area (Å²) in [5.41, 5.74) is 4.85. The van der Waals surface area contributed by atoms with E-state index in [0.717, 1.165) is 0 Å². The Bertz CT molecular complexity index is 2050. The first-order valence-electron chi connectivity index (χ1n) is 18.7. The number of hydrogen-bond acceptors (Lipinski definition) is 12. The molecular formula is C44H52Cl2N2O10. The normalized spacial score (nSPS) is 15.9. The molecule has 1 unspecified atom stereocenters. The molecule has 2 aromatic carbocycles. The smallest absolute Gasteiger partial charge is 0.336 e. The van der Waals surface area contributed by atoms with Crippen molar-refractivity contribution in [2.75, 3.05) is 26.9 Å². The molecule has 2 aliphatic rings. The van der Waals surface area contributed by atoms with Gasteiger partial charge in [-0.2, -0.15) is 0 Å². The number of methoxy groups -OCH3 is 1. The Morgan fingerprint density at radius 1 is 0.638 bits per heavy atom. The summed E-state index contributed by atoms with van der Waals surface area (Å²) in [4.78, 5) is 63.2. The van der Waals surface area contributed by atoms with E-state index in [1.54, 1.807) is 93.5 Å². The van der Waals surface area contributed by atoms with Gasteiger partial charge in [0.2, 0.25) is 0 Å². The van der Waals surface area contributed by atoms with Crippen LogP contribution in [0, 0.1) is 0 Å². The molecule has 2 aliphatic heterocycles. The summed E-state index contributed by atoms with van der Waals surface area (Å²) in [5, 5.41) is 6.78. The first-order chi connectivity index (χ1) is 27.3. The summed E-state index contributed by atoms with van der Waals surface area (Å²) in [6.07, 6.45) is 2.97. The van der Waals surface area contributed by atoms with Crippen molar-refractivity contribution in [1.82, 2.24) is 10.6 Å². The molecule has 0 radical (unpaired) electrons. The molecule has 2 aromatic rings. The van der Waals surface area contributed by atoms with E-state index < -0.39 is 47.3 Å². The third-order valence-corrected chi connectivity index (χ3v) is 9.65. The Morgan fingerprint density at radius 3 is 1.48 bits per heavy atom. The number of rotatable bonds is 11. The van der Waals surface area contributed by atoms with Gasteiger partial charge in [0, 0.05) is 28.9 Å². The third-order valence-electron chi connectivity index (χ3n) is 8.82. The van der Waals surface area contributed by atoms with Crippen molar-refractivity contribution in [3.8, 4) is 0 Å². The van der Waals surface area contributed by atoms with E-state index in [4.69, 9.17) is 46.9 Å². The molecule has 2 heterocycles. The van der Waals surface area contributed by atoms with Gasteiger partial charge in [0.1, 0.15) is 5.60 Å². The quantitative estimate of drug-likeness (QED) is 0.127. The van der Waals surface area contributed by atoms with Crippen molar-refractivity contribution in [1.29, 1.82) is 0 Å². The molecule has 312 valence electrons. The number of hydrogen-bond donors (Lipinski definition) is 2. The van der Waals surface area contributed by atoms with Crippen LogP contribution in [0.3, 0.4) is 0 Å². The van der Waals surface area contributed by atoms with E-state index in [9.17, 15) is 24.0 Å². The van der Waals surface area contributed by atoms with Gasteiger partial charge in [-0.25, -0.2) is 24.0 Å². The van der Waals surface area contributed by atoms with Crippen LogP contribution in [0.15, 0.2) is 93.6 Å². The number of carbonyl (C=O) groups is 5. The van der Waals surface area contributed by atoms with Gasteiger partial charge in [0.25, 0.3) is 0 Å². The van der Waals surface area contributed by atoms with Gasteiger partial charge in [-0.1, -0.05) is 59.6 Å². The van der Waals surface area contributed by atoms with Crippen molar-refractivity contribution in [3.63, 3.8) is 0 Å². The van der Waals surface area contributed by atoms with Crippen LogP contribution in [0.5, 0.6) is 0 Å². The summed E-state index contributed by atoms with van der Waals surface area (Å²) in [6.45, 7) is 18.2. The van der Waals surface area contributed by atoms with Crippen LogP contribution >= 0.6 is 23.2 Å². The molecule has 0 aliphatic carbocycles. The maximum absolute atomic E-state index is 13.0. The fraction of sp³-hybridized carbons (Fsp3) is 0.386. The zero-order valence-electron chi connectivity index (χ0n) is 34.8. The van der Waals surface area contributed by atoms with Crippen molar-refractivity contribution in [3.05, 3.63) is 120 Å². The largest absolute Gasteiger partial charge is 0.466 e. The van der Waals surface area contributed by atoms with Crippen LogP contribution in [0.2, 0.25) is 10.0 Å². The lowest BCUT2D eigenvalue weighted by molar-refractivity contribution is -0.148. The van der Waals surface area contributed by atoms with E-state index >= 15 is 0 Å². The number of benzene rings is 2. The second-order valence-corrected chi connectivity index (χ2v) is 14.8. The molecule has 4 rings (SSSR count). The lowest BCUT2D eigenvalue weighted by atomic mass is 9.78. The number of esters is 5. The summed E-state index contributed by atoms with van der Waals surface area (Å²) in [7, 11) is 1.29. The van der Waals surface area contributed by atoms with E-state index in [0.29, 0.717) is 66.8 Å². The van der Waals surface area contributed by atoms with Crippen LogP contribution in [0.25, 0.3) is 6.08 Å². The van der Waals surface area contributed by atoms with Crippen molar-refractivity contribution < 1.29 is 47.7 Å². The number of dihydropyridines is 2. The number of allylic oxidation sites excluding steroid dienone is 4. The molecule has 14 heteroatoms. The fourth-order valence-corrected chi connectivity index (χ4v) is 7.01. The lowest BCUT2D eigenvalue weighted by Crippen LogP contribution is -2.32. The van der Waals surface area contributed by atoms with Gasteiger partial charge in [0.05, 0.1) is 71.1 Å². The van der Waals surface area contributed by atoms with E-state index in [1.807, 2.05) is 24.3 Å². The zero-order valence-corrected chi connectivity index (χ0v) is 36.3. The minimum absolute atomic E-state index is 0.194. The molecule has 0 fully saturated rings. The minimum Gasteiger partial charge on any atom is -0.466 e. The first-order valence-corrected chi connectivity index (χ1v) is 19.5. The standard InChI is InChI=1S/C26H33NO6.C18H19Cl2NO4/c1-8-31-24(29)21-16(3)27-17(4)22(25(30)32-9-2)23(21)19-13-11-10-12-18(19)14-15-20(28)33-26(5,6)7;1-5-25-18(23)14-10(3)21-9(2)13(17(22)24-4)15(14)11-7-6-8-12(19)16(11)20/h10-15,23,27H,8-9H2,1-7H3;6-8,15,21H,5H2,1-4H3/b15-14+;. The average Bonchev–Trinajstić information content (AvgIpc) is 3.14. The predicted molar refractivity (Wildman–Crippen MR) is 222 cm³/mol. The molecule has 0 aromatic heterocycles. The fourth-order valence-electron chi connectivity index (χ4n) is 6.59.